The summed E-state index contributed by atoms with van der Waals surface area (Å²) < 4.78 is 0.978. The molecule has 5 aromatic carbocycles. The summed E-state index contributed by atoms with van der Waals surface area (Å²) in [6.07, 6.45) is 1.47. The first-order chi connectivity index (χ1) is 23.3. The second-order valence-electron chi connectivity index (χ2n) is 10.4. The molecular weight excluding hydrogens is 683 g/mol. The topological polar surface area (TPSA) is 100 Å². The number of carbonyl (C=O) groups is 3. The van der Waals surface area contributed by atoms with Gasteiger partial charge in [0, 0.05) is 16.1 Å². The van der Waals surface area contributed by atoms with Gasteiger partial charge >= 0.3 is 0 Å². The fourth-order valence-electron chi connectivity index (χ4n) is 4.71. The second kappa shape index (κ2) is 15.3. The van der Waals surface area contributed by atoms with Crippen molar-refractivity contribution in [3.63, 3.8) is 0 Å². The van der Waals surface area contributed by atoms with Crippen LogP contribution >= 0.6 is 46.3 Å². The first-order valence-corrected chi connectivity index (χ1v) is 17.1. The number of hydrogen-bond donors (Lipinski definition) is 3. The molecule has 0 saturated heterocycles. The average molecular weight is 710 g/mol. The Hall–Kier alpha value is -4.93. The summed E-state index contributed by atoms with van der Waals surface area (Å²) in [6.45, 7) is 0. The third-order valence-electron chi connectivity index (χ3n) is 7.02. The van der Waals surface area contributed by atoms with Crippen molar-refractivity contribution in [3.8, 4) is 0 Å². The minimum Gasteiger partial charge on any atom is -0.321 e. The molecule has 1 atom stereocenters. The third kappa shape index (κ3) is 8.13. The van der Waals surface area contributed by atoms with Gasteiger partial charge in [0.25, 0.3) is 11.8 Å². The van der Waals surface area contributed by atoms with Gasteiger partial charge in [-0.25, -0.2) is 4.98 Å². The number of carbonyl (C=O) groups excluding carboxylic acids is 3. The van der Waals surface area contributed by atoms with Crippen LogP contribution in [0.15, 0.2) is 138 Å². The lowest BCUT2D eigenvalue weighted by molar-refractivity contribution is -0.116. The first-order valence-electron chi connectivity index (χ1n) is 14.7. The SMILES string of the molecule is O=C(Nc1cccc(SC(C(=O)Nc2nc3ccccc3s2)c2ccccc2)c1)/C(=C\c1cccc(Cl)c1Cl)NC(=O)c1ccccc1. The standard InChI is InChI=1S/C37H26Cl2N4O3S2/c38-28-18-9-15-25(32(28)39)21-30(41-34(44)24-13-5-2-6-14-24)35(45)40-26-16-10-17-27(22-26)47-33(23-11-3-1-4-12-23)36(46)43-37-42-29-19-7-8-20-31(29)48-37/h1-22,33H,(H,40,45)(H,41,44)(H,42,43,46)/b30-21+. The van der Waals surface area contributed by atoms with Crippen molar-refractivity contribution >= 4 is 91.1 Å². The number of halogens is 2. The van der Waals surface area contributed by atoms with Crippen molar-refractivity contribution in [1.82, 2.24) is 10.3 Å². The molecule has 1 aromatic heterocycles. The molecule has 0 fully saturated rings. The largest absolute Gasteiger partial charge is 0.321 e. The van der Waals surface area contributed by atoms with E-state index in [0.717, 1.165) is 20.7 Å². The highest BCUT2D eigenvalue weighted by molar-refractivity contribution is 8.00. The van der Waals surface area contributed by atoms with Crippen molar-refractivity contribution < 1.29 is 14.4 Å². The van der Waals surface area contributed by atoms with Crippen LogP contribution in [0.4, 0.5) is 10.8 Å². The lowest BCUT2D eigenvalue weighted by Gasteiger charge is -2.17. The molecule has 48 heavy (non-hydrogen) atoms. The van der Waals surface area contributed by atoms with E-state index in [1.165, 1.54) is 29.2 Å². The van der Waals surface area contributed by atoms with Crippen molar-refractivity contribution in [2.75, 3.05) is 10.6 Å². The van der Waals surface area contributed by atoms with Gasteiger partial charge < -0.3 is 16.0 Å². The molecule has 6 aromatic rings. The van der Waals surface area contributed by atoms with Crippen LogP contribution in [0, 0.1) is 0 Å². The van der Waals surface area contributed by atoms with E-state index in [-0.39, 0.29) is 16.6 Å². The van der Waals surface area contributed by atoms with Gasteiger partial charge in [-0.3, -0.25) is 14.4 Å². The molecule has 11 heteroatoms. The summed E-state index contributed by atoms with van der Waals surface area (Å²) in [5.41, 5.74) is 2.88. The summed E-state index contributed by atoms with van der Waals surface area (Å²) in [7, 11) is 0. The van der Waals surface area contributed by atoms with E-state index in [1.807, 2.05) is 60.7 Å². The molecule has 3 N–H and O–H groups in total. The minimum absolute atomic E-state index is 0.0385. The van der Waals surface area contributed by atoms with E-state index in [9.17, 15) is 14.4 Å². The number of nitrogens with one attached hydrogen (secondary N) is 3. The monoisotopic (exact) mass is 708 g/mol. The van der Waals surface area contributed by atoms with E-state index in [1.54, 1.807) is 66.7 Å². The van der Waals surface area contributed by atoms with Gasteiger partial charge in [-0.05, 0) is 65.7 Å². The van der Waals surface area contributed by atoms with Gasteiger partial charge in [-0.15, -0.1) is 11.8 Å². The van der Waals surface area contributed by atoms with Gasteiger partial charge in [0.05, 0.1) is 20.3 Å². The molecule has 1 unspecified atom stereocenters. The smallest absolute Gasteiger partial charge is 0.272 e. The molecule has 0 saturated carbocycles. The molecule has 238 valence electrons. The van der Waals surface area contributed by atoms with Gasteiger partial charge in [-0.2, -0.15) is 0 Å². The molecule has 0 bridgehead atoms. The highest BCUT2D eigenvalue weighted by Gasteiger charge is 2.24. The predicted molar refractivity (Wildman–Crippen MR) is 197 cm³/mol. The highest BCUT2D eigenvalue weighted by Crippen LogP contribution is 2.38. The molecule has 3 amide bonds. The molecule has 6 rings (SSSR count). The summed E-state index contributed by atoms with van der Waals surface area (Å²) in [6, 6.07) is 37.9. The van der Waals surface area contributed by atoms with Crippen LogP contribution in [0.2, 0.25) is 10.0 Å². The number of para-hydroxylation sites is 1. The predicted octanol–water partition coefficient (Wildman–Crippen LogP) is 9.48. The van der Waals surface area contributed by atoms with Crippen LogP contribution in [0.1, 0.15) is 26.7 Å². The molecule has 0 aliphatic rings. The average Bonchev–Trinajstić information content (AvgIpc) is 3.52. The molecule has 1 heterocycles. The maximum atomic E-state index is 13.7. The number of nitrogens with zero attached hydrogens (tertiary/aromatic N) is 1. The minimum atomic E-state index is -0.616. The maximum Gasteiger partial charge on any atom is 0.272 e. The first kappa shape index (κ1) is 33.0. The van der Waals surface area contributed by atoms with Crippen molar-refractivity contribution in [1.29, 1.82) is 0 Å². The van der Waals surface area contributed by atoms with Gasteiger partial charge in [0.2, 0.25) is 5.91 Å². The number of aromatic nitrogens is 1. The number of rotatable bonds is 10. The van der Waals surface area contributed by atoms with Gasteiger partial charge in [0.15, 0.2) is 5.13 Å². The van der Waals surface area contributed by atoms with Crippen LogP contribution in [-0.4, -0.2) is 22.7 Å². The van der Waals surface area contributed by atoms with Gasteiger partial charge in [-0.1, -0.05) is 113 Å². The lowest BCUT2D eigenvalue weighted by Crippen LogP contribution is -2.30. The summed E-state index contributed by atoms with van der Waals surface area (Å²) in [5, 5.41) is 9.02. The van der Waals surface area contributed by atoms with Gasteiger partial charge in [0.1, 0.15) is 10.9 Å². The molecule has 0 aliphatic heterocycles. The number of thiazole rings is 1. The van der Waals surface area contributed by atoms with Crippen molar-refractivity contribution in [2.24, 2.45) is 0 Å². The van der Waals surface area contributed by atoms with E-state index in [2.05, 4.69) is 20.9 Å². The van der Waals surface area contributed by atoms with E-state index in [4.69, 9.17) is 23.2 Å². The second-order valence-corrected chi connectivity index (χ2v) is 13.4. The fraction of sp³-hybridized carbons (Fsp3) is 0.0270. The van der Waals surface area contributed by atoms with Crippen LogP contribution < -0.4 is 16.0 Å². The van der Waals surface area contributed by atoms with E-state index >= 15 is 0 Å². The van der Waals surface area contributed by atoms with E-state index < -0.39 is 17.1 Å². The van der Waals surface area contributed by atoms with Crippen LogP contribution in [0.5, 0.6) is 0 Å². The highest BCUT2D eigenvalue weighted by atomic mass is 35.5. The molecule has 0 aliphatic carbocycles. The number of benzene rings is 5. The Bertz CT molecular complexity index is 2110. The number of anilines is 2. The Kier molecular flexibility index (Phi) is 10.5. The number of amides is 3. The van der Waals surface area contributed by atoms with Crippen LogP contribution in [-0.2, 0) is 9.59 Å². The molecule has 0 radical (unpaired) electrons. The Labute approximate surface area is 295 Å². The zero-order valence-electron chi connectivity index (χ0n) is 25.0. The number of fused-ring (bicyclic) bond motifs is 1. The normalized spacial score (nSPS) is 11.9. The zero-order valence-corrected chi connectivity index (χ0v) is 28.2. The molecule has 7 nitrogen and oxygen atoms in total. The lowest BCUT2D eigenvalue weighted by atomic mass is 10.1. The molecular formula is C37H26Cl2N4O3S2. The Balaban J connectivity index is 1.24. The number of thioether (sulfide) groups is 1. The Morgan fingerprint density at radius 1 is 0.771 bits per heavy atom. The Morgan fingerprint density at radius 2 is 1.48 bits per heavy atom. The van der Waals surface area contributed by atoms with Crippen LogP contribution in [0.3, 0.4) is 0 Å². The summed E-state index contributed by atoms with van der Waals surface area (Å²) >= 11 is 15.4. The van der Waals surface area contributed by atoms with Crippen molar-refractivity contribution in [2.45, 2.75) is 10.1 Å². The number of hydrogen-bond acceptors (Lipinski definition) is 6. The van der Waals surface area contributed by atoms with Crippen LogP contribution in [0.25, 0.3) is 16.3 Å². The zero-order chi connectivity index (χ0) is 33.5. The summed E-state index contributed by atoms with van der Waals surface area (Å²) in [4.78, 5) is 45.7. The molecule has 0 spiro atoms. The Morgan fingerprint density at radius 3 is 2.25 bits per heavy atom. The fourth-order valence-corrected chi connectivity index (χ4v) is 7.02. The van der Waals surface area contributed by atoms with E-state index in [0.29, 0.717) is 27.0 Å². The summed E-state index contributed by atoms with van der Waals surface area (Å²) in [5.74, 6) is -1.28. The third-order valence-corrected chi connectivity index (χ3v) is 10.1. The quantitative estimate of drug-likeness (QED) is 0.0972. The maximum absolute atomic E-state index is 13.7. The van der Waals surface area contributed by atoms with Crippen molar-refractivity contribution in [3.05, 3.63) is 160 Å².